The molecule has 1 fully saturated rings. The van der Waals surface area contributed by atoms with Crippen molar-refractivity contribution in [3.63, 3.8) is 0 Å². The molecule has 0 saturated heterocycles. The third kappa shape index (κ3) is 2.83. The van der Waals surface area contributed by atoms with Crippen LogP contribution in [-0.2, 0) is 0 Å². The van der Waals surface area contributed by atoms with Crippen LogP contribution in [0.15, 0.2) is 18.2 Å². The van der Waals surface area contributed by atoms with Crippen LogP contribution in [0.5, 0.6) is 5.75 Å². The van der Waals surface area contributed by atoms with Gasteiger partial charge in [-0.2, -0.15) is 0 Å². The third-order valence-electron chi connectivity index (χ3n) is 4.13. The highest BCUT2D eigenvalue weighted by molar-refractivity contribution is 5.32. The minimum atomic E-state index is -0.328. The van der Waals surface area contributed by atoms with Crippen LogP contribution in [-0.4, -0.2) is 7.11 Å². The van der Waals surface area contributed by atoms with Crippen LogP contribution in [0.3, 0.4) is 0 Å². The molecule has 1 aliphatic carbocycles. The van der Waals surface area contributed by atoms with Gasteiger partial charge in [-0.1, -0.05) is 25.8 Å². The molecule has 0 heterocycles. The molecule has 1 aliphatic rings. The largest absolute Gasteiger partial charge is 0.494 e. The maximum absolute atomic E-state index is 13.4. The Morgan fingerprint density at radius 3 is 2.56 bits per heavy atom. The number of benzene rings is 1. The van der Waals surface area contributed by atoms with Crippen molar-refractivity contribution in [1.29, 1.82) is 0 Å². The number of halogens is 1. The minimum Gasteiger partial charge on any atom is -0.494 e. The molecule has 18 heavy (non-hydrogen) atoms. The molecule has 1 unspecified atom stereocenters. The molecule has 0 radical (unpaired) electrons. The van der Waals surface area contributed by atoms with Crippen LogP contribution in [0.25, 0.3) is 0 Å². The van der Waals surface area contributed by atoms with Gasteiger partial charge < -0.3 is 10.5 Å². The topological polar surface area (TPSA) is 35.2 Å². The molecule has 2 rings (SSSR count). The Hall–Kier alpha value is -1.09. The van der Waals surface area contributed by atoms with E-state index in [1.165, 1.54) is 38.9 Å². The summed E-state index contributed by atoms with van der Waals surface area (Å²) in [4.78, 5) is 0. The van der Waals surface area contributed by atoms with Crippen LogP contribution >= 0.6 is 0 Å². The lowest BCUT2D eigenvalue weighted by Gasteiger charge is -2.31. The second kappa shape index (κ2) is 5.70. The zero-order chi connectivity index (χ0) is 13.1. The van der Waals surface area contributed by atoms with Crippen LogP contribution in [0.4, 0.5) is 4.39 Å². The summed E-state index contributed by atoms with van der Waals surface area (Å²) < 4.78 is 18.4. The van der Waals surface area contributed by atoms with Gasteiger partial charge in [-0.15, -0.1) is 0 Å². The Labute approximate surface area is 108 Å². The molecule has 1 aromatic carbocycles. The van der Waals surface area contributed by atoms with Gasteiger partial charge in [-0.25, -0.2) is 4.39 Å². The van der Waals surface area contributed by atoms with Gasteiger partial charge in [0.1, 0.15) is 0 Å². The fraction of sp³-hybridized carbons (Fsp3) is 0.600. The zero-order valence-corrected chi connectivity index (χ0v) is 11.2. The second-order valence-electron chi connectivity index (χ2n) is 5.44. The van der Waals surface area contributed by atoms with Crippen LogP contribution in [0.2, 0.25) is 0 Å². The van der Waals surface area contributed by atoms with E-state index in [0.717, 1.165) is 11.5 Å². The third-order valence-corrected chi connectivity index (χ3v) is 4.13. The molecule has 0 spiro atoms. The summed E-state index contributed by atoms with van der Waals surface area (Å²) in [6, 6.07) is 4.95. The van der Waals surface area contributed by atoms with Crippen molar-refractivity contribution in [2.24, 2.45) is 17.6 Å². The van der Waals surface area contributed by atoms with Crippen LogP contribution in [0.1, 0.15) is 44.2 Å². The van der Waals surface area contributed by atoms with E-state index in [1.807, 2.05) is 0 Å². The lowest BCUT2D eigenvalue weighted by atomic mass is 9.77. The van der Waals surface area contributed by atoms with Crippen molar-refractivity contribution < 1.29 is 9.13 Å². The van der Waals surface area contributed by atoms with Crippen LogP contribution in [0, 0.1) is 17.7 Å². The average Bonchev–Trinajstić information content (AvgIpc) is 2.39. The summed E-state index contributed by atoms with van der Waals surface area (Å²) in [6.45, 7) is 2.29. The molecular formula is C15H22FNO. The number of nitrogens with two attached hydrogens (primary N) is 1. The summed E-state index contributed by atoms with van der Waals surface area (Å²) >= 11 is 0. The van der Waals surface area contributed by atoms with E-state index in [2.05, 4.69) is 6.92 Å². The number of ether oxygens (including phenoxy) is 1. The standard InChI is InChI=1S/C15H22FNO/c1-10-3-5-11(6-4-10)15(17)12-7-8-13(16)14(9-12)18-2/h7-11,15H,3-6,17H2,1-2H3. The number of hydrogen-bond acceptors (Lipinski definition) is 2. The Bertz CT molecular complexity index is 399. The predicted molar refractivity (Wildman–Crippen MR) is 71.0 cm³/mol. The Kier molecular flexibility index (Phi) is 4.23. The monoisotopic (exact) mass is 251 g/mol. The molecule has 100 valence electrons. The molecule has 3 heteroatoms. The molecule has 1 atom stereocenters. The molecule has 1 aromatic rings. The predicted octanol–water partition coefficient (Wildman–Crippen LogP) is 3.66. The molecule has 0 aliphatic heterocycles. The van der Waals surface area contributed by atoms with Gasteiger partial charge in [0.2, 0.25) is 0 Å². The molecular weight excluding hydrogens is 229 g/mol. The molecule has 0 amide bonds. The lowest BCUT2D eigenvalue weighted by Crippen LogP contribution is -2.25. The number of methoxy groups -OCH3 is 1. The van der Waals surface area contributed by atoms with Crippen molar-refractivity contribution in [2.45, 2.75) is 38.6 Å². The fourth-order valence-electron chi connectivity index (χ4n) is 2.80. The van der Waals surface area contributed by atoms with E-state index in [4.69, 9.17) is 10.5 Å². The molecule has 2 N–H and O–H groups in total. The fourth-order valence-corrected chi connectivity index (χ4v) is 2.80. The van der Waals surface area contributed by atoms with Crippen molar-refractivity contribution in [1.82, 2.24) is 0 Å². The van der Waals surface area contributed by atoms with Gasteiger partial charge in [-0.05, 0) is 42.4 Å². The number of hydrogen-bond donors (Lipinski definition) is 1. The summed E-state index contributed by atoms with van der Waals surface area (Å²) in [5.41, 5.74) is 7.29. The Morgan fingerprint density at radius 2 is 1.94 bits per heavy atom. The maximum atomic E-state index is 13.4. The van der Waals surface area contributed by atoms with Crippen LogP contribution < -0.4 is 10.5 Å². The highest BCUT2D eigenvalue weighted by atomic mass is 19.1. The Balaban J connectivity index is 2.10. The van der Waals surface area contributed by atoms with Gasteiger partial charge in [0.05, 0.1) is 7.11 Å². The van der Waals surface area contributed by atoms with Crippen molar-refractivity contribution in [3.8, 4) is 5.75 Å². The van der Waals surface area contributed by atoms with Crippen molar-refractivity contribution in [3.05, 3.63) is 29.6 Å². The van der Waals surface area contributed by atoms with E-state index in [-0.39, 0.29) is 17.6 Å². The molecule has 2 nitrogen and oxygen atoms in total. The zero-order valence-electron chi connectivity index (χ0n) is 11.2. The van der Waals surface area contributed by atoms with Gasteiger partial charge >= 0.3 is 0 Å². The normalized spacial score (nSPS) is 25.8. The molecule has 0 bridgehead atoms. The van der Waals surface area contributed by atoms with E-state index in [0.29, 0.717) is 5.92 Å². The molecule has 1 saturated carbocycles. The second-order valence-corrected chi connectivity index (χ2v) is 5.44. The lowest BCUT2D eigenvalue weighted by molar-refractivity contribution is 0.255. The molecule has 0 aromatic heterocycles. The highest BCUT2D eigenvalue weighted by Crippen LogP contribution is 2.36. The SMILES string of the molecule is COc1cc(C(N)C2CCC(C)CC2)ccc1F. The maximum Gasteiger partial charge on any atom is 0.165 e. The van der Waals surface area contributed by atoms with Gasteiger partial charge in [0.25, 0.3) is 0 Å². The Morgan fingerprint density at radius 1 is 1.28 bits per heavy atom. The summed E-state index contributed by atoms with van der Waals surface area (Å²) in [5, 5.41) is 0. The number of rotatable bonds is 3. The first kappa shape index (κ1) is 13.3. The van der Waals surface area contributed by atoms with Gasteiger partial charge in [0.15, 0.2) is 11.6 Å². The van der Waals surface area contributed by atoms with Gasteiger partial charge in [-0.3, -0.25) is 0 Å². The van der Waals surface area contributed by atoms with E-state index < -0.39 is 0 Å². The highest BCUT2D eigenvalue weighted by Gasteiger charge is 2.25. The van der Waals surface area contributed by atoms with E-state index in [9.17, 15) is 4.39 Å². The summed E-state index contributed by atoms with van der Waals surface area (Å²) in [5.74, 6) is 1.28. The van der Waals surface area contributed by atoms with Crippen molar-refractivity contribution in [2.75, 3.05) is 7.11 Å². The first-order chi connectivity index (χ1) is 8.61. The quantitative estimate of drug-likeness (QED) is 0.889. The summed E-state index contributed by atoms with van der Waals surface area (Å²) in [7, 11) is 1.48. The first-order valence-corrected chi connectivity index (χ1v) is 6.71. The van der Waals surface area contributed by atoms with Crippen molar-refractivity contribution >= 4 is 0 Å². The summed E-state index contributed by atoms with van der Waals surface area (Å²) in [6.07, 6.45) is 4.83. The average molecular weight is 251 g/mol. The van der Waals surface area contributed by atoms with E-state index in [1.54, 1.807) is 12.1 Å². The van der Waals surface area contributed by atoms with E-state index >= 15 is 0 Å². The van der Waals surface area contributed by atoms with Gasteiger partial charge in [0, 0.05) is 6.04 Å². The smallest absolute Gasteiger partial charge is 0.165 e. The first-order valence-electron chi connectivity index (χ1n) is 6.71. The minimum absolute atomic E-state index is 0.00741.